The lowest BCUT2D eigenvalue weighted by Crippen LogP contribution is -2.32. The zero-order valence-corrected chi connectivity index (χ0v) is 20.0. The van der Waals surface area contributed by atoms with Crippen LogP contribution in [0.4, 0.5) is 4.79 Å². The molecule has 9 nitrogen and oxygen atoms in total. The molecule has 0 aliphatic heterocycles. The number of amides is 1. The maximum atomic E-state index is 11.9. The fourth-order valence-electron chi connectivity index (χ4n) is 3.85. The van der Waals surface area contributed by atoms with E-state index in [2.05, 4.69) is 48.9 Å². The summed E-state index contributed by atoms with van der Waals surface area (Å²) in [5, 5.41) is 20.7. The number of nitrogens with one attached hydrogen (secondary N) is 3. The van der Waals surface area contributed by atoms with Gasteiger partial charge in [-0.2, -0.15) is 10.2 Å². The van der Waals surface area contributed by atoms with E-state index in [1.807, 2.05) is 57.2 Å². The maximum absolute atomic E-state index is 11.9. The van der Waals surface area contributed by atoms with E-state index < -0.39 is 11.7 Å². The van der Waals surface area contributed by atoms with E-state index in [0.717, 1.165) is 44.2 Å². The van der Waals surface area contributed by atoms with Crippen LogP contribution < -0.4 is 10.1 Å². The first-order valence-electron chi connectivity index (χ1n) is 11.2. The summed E-state index contributed by atoms with van der Waals surface area (Å²) >= 11 is 0. The molecule has 0 fully saturated rings. The van der Waals surface area contributed by atoms with Crippen LogP contribution in [0.15, 0.2) is 54.6 Å². The quantitative estimate of drug-likeness (QED) is 0.325. The minimum absolute atomic E-state index is 0.159. The highest BCUT2D eigenvalue weighted by molar-refractivity contribution is 5.97. The first kappa shape index (κ1) is 22.4. The van der Waals surface area contributed by atoms with Gasteiger partial charge in [-0.15, -0.1) is 0 Å². The van der Waals surface area contributed by atoms with Gasteiger partial charge in [0.25, 0.3) is 0 Å². The zero-order chi connectivity index (χ0) is 24.6. The Morgan fingerprint density at radius 3 is 2.51 bits per heavy atom. The number of hydrogen-bond donors (Lipinski definition) is 3. The van der Waals surface area contributed by atoms with Gasteiger partial charge in [0.05, 0.1) is 24.9 Å². The third kappa shape index (κ3) is 4.79. The predicted molar refractivity (Wildman–Crippen MR) is 134 cm³/mol. The Bertz CT molecular complexity index is 1530. The van der Waals surface area contributed by atoms with E-state index in [1.165, 1.54) is 0 Å². The van der Waals surface area contributed by atoms with E-state index in [-0.39, 0.29) is 6.54 Å². The number of methoxy groups -OCH3 is 1. The van der Waals surface area contributed by atoms with E-state index >= 15 is 0 Å². The van der Waals surface area contributed by atoms with Crippen LogP contribution in [0, 0.1) is 0 Å². The van der Waals surface area contributed by atoms with Crippen molar-refractivity contribution in [2.75, 3.05) is 7.11 Å². The second kappa shape index (κ2) is 8.75. The first-order valence-corrected chi connectivity index (χ1v) is 11.2. The second-order valence-electron chi connectivity index (χ2n) is 9.22. The molecule has 5 aromatic rings. The lowest BCUT2D eigenvalue weighted by Gasteiger charge is -2.19. The summed E-state index contributed by atoms with van der Waals surface area (Å²) in [7, 11) is 1.66. The monoisotopic (exact) mass is 470 g/mol. The topological polar surface area (TPSA) is 118 Å². The summed E-state index contributed by atoms with van der Waals surface area (Å²) in [5.41, 5.74) is 3.08. The van der Waals surface area contributed by atoms with Crippen LogP contribution >= 0.6 is 0 Å². The number of alkyl carbamates (subject to hydrolysis) is 1. The van der Waals surface area contributed by atoms with Gasteiger partial charge in [0, 0.05) is 16.5 Å². The molecule has 0 unspecified atom stereocenters. The van der Waals surface area contributed by atoms with Crippen LogP contribution in [0.25, 0.3) is 44.3 Å². The number of ether oxygens (including phenoxy) is 2. The van der Waals surface area contributed by atoms with Crippen molar-refractivity contribution in [2.45, 2.75) is 32.9 Å². The lowest BCUT2D eigenvalue weighted by molar-refractivity contribution is 0.0522. The number of nitrogens with zero attached hydrogens (tertiary/aromatic N) is 3. The van der Waals surface area contributed by atoms with Crippen molar-refractivity contribution >= 4 is 27.8 Å². The van der Waals surface area contributed by atoms with Crippen LogP contribution in [0.5, 0.6) is 5.75 Å². The highest BCUT2D eigenvalue weighted by atomic mass is 16.6. The Kier molecular flexibility index (Phi) is 5.60. The molecule has 35 heavy (non-hydrogen) atoms. The smallest absolute Gasteiger partial charge is 0.408 e. The van der Waals surface area contributed by atoms with Crippen LogP contribution in [0.3, 0.4) is 0 Å². The lowest BCUT2D eigenvalue weighted by atomic mass is 10.0. The fourth-order valence-corrected chi connectivity index (χ4v) is 3.85. The highest BCUT2D eigenvalue weighted by Gasteiger charge is 2.17. The minimum Gasteiger partial charge on any atom is -0.497 e. The Morgan fingerprint density at radius 2 is 1.71 bits per heavy atom. The molecule has 0 aliphatic carbocycles. The number of carbonyl (C=O) groups is 1. The van der Waals surface area contributed by atoms with Crippen molar-refractivity contribution < 1.29 is 14.3 Å². The summed E-state index contributed by atoms with van der Waals surface area (Å²) in [4.78, 5) is 16.4. The Hall–Kier alpha value is -4.40. The SMILES string of the molecule is COc1ccc2cc(-c3n[nH]c4ccc(-c5nc(CNC(=O)OC(C)(C)C)n[nH]5)cc34)ccc2c1. The van der Waals surface area contributed by atoms with Gasteiger partial charge < -0.3 is 14.8 Å². The standard InChI is InChI=1S/C26H26N6O3/c1-26(2,3)35-25(33)27-14-22-28-24(32-30-22)18-8-10-21-20(13-18)23(31-29-21)17-6-5-16-12-19(34-4)9-7-15(16)11-17/h5-13H,14H2,1-4H3,(H,27,33)(H,29,31)(H,28,30,32). The first-order chi connectivity index (χ1) is 16.8. The van der Waals surface area contributed by atoms with Crippen molar-refractivity contribution in [3.8, 4) is 28.4 Å². The Morgan fingerprint density at radius 1 is 0.943 bits per heavy atom. The summed E-state index contributed by atoms with van der Waals surface area (Å²) < 4.78 is 10.6. The normalized spacial score (nSPS) is 11.7. The molecule has 178 valence electrons. The van der Waals surface area contributed by atoms with Gasteiger partial charge in [0.2, 0.25) is 0 Å². The van der Waals surface area contributed by atoms with Gasteiger partial charge >= 0.3 is 6.09 Å². The molecule has 2 aromatic heterocycles. The van der Waals surface area contributed by atoms with Gasteiger partial charge in [-0.3, -0.25) is 10.2 Å². The van der Waals surface area contributed by atoms with Crippen LogP contribution in [-0.2, 0) is 11.3 Å². The molecule has 0 radical (unpaired) electrons. The van der Waals surface area contributed by atoms with Crippen LogP contribution in [0.2, 0.25) is 0 Å². The molecule has 5 rings (SSSR count). The second-order valence-corrected chi connectivity index (χ2v) is 9.22. The zero-order valence-electron chi connectivity index (χ0n) is 20.0. The molecule has 3 N–H and O–H groups in total. The molecule has 2 heterocycles. The fraction of sp³-hybridized carbons (Fsp3) is 0.231. The molecule has 0 saturated heterocycles. The van der Waals surface area contributed by atoms with Crippen LogP contribution in [-0.4, -0.2) is 44.2 Å². The van der Waals surface area contributed by atoms with E-state index in [1.54, 1.807) is 7.11 Å². The molecule has 0 bridgehead atoms. The van der Waals surface area contributed by atoms with Gasteiger partial charge in [-0.05, 0) is 67.9 Å². The molecule has 9 heteroatoms. The third-order valence-electron chi connectivity index (χ3n) is 5.48. The number of aromatic nitrogens is 5. The van der Waals surface area contributed by atoms with E-state index in [0.29, 0.717) is 11.6 Å². The largest absolute Gasteiger partial charge is 0.497 e. The number of aromatic amines is 2. The van der Waals surface area contributed by atoms with Gasteiger partial charge in [-0.1, -0.05) is 18.2 Å². The number of carbonyl (C=O) groups excluding carboxylic acids is 1. The number of fused-ring (bicyclic) bond motifs is 2. The average molecular weight is 471 g/mol. The number of benzene rings is 3. The Balaban J connectivity index is 1.40. The molecule has 0 spiro atoms. The Labute approximate surface area is 201 Å². The molecule has 0 aliphatic rings. The summed E-state index contributed by atoms with van der Waals surface area (Å²) in [6.07, 6.45) is -0.512. The van der Waals surface area contributed by atoms with Gasteiger partial charge in [0.1, 0.15) is 11.4 Å². The molecule has 0 saturated carbocycles. The molecule has 3 aromatic carbocycles. The summed E-state index contributed by atoms with van der Waals surface area (Å²) in [6, 6.07) is 18.2. The van der Waals surface area contributed by atoms with Crippen molar-refractivity contribution in [1.82, 2.24) is 30.7 Å². The van der Waals surface area contributed by atoms with Gasteiger partial charge in [-0.25, -0.2) is 9.78 Å². The molecular formula is C26H26N6O3. The van der Waals surface area contributed by atoms with E-state index in [9.17, 15) is 4.79 Å². The van der Waals surface area contributed by atoms with Crippen LogP contribution in [0.1, 0.15) is 26.6 Å². The molecule has 0 atom stereocenters. The van der Waals surface area contributed by atoms with Crippen molar-refractivity contribution in [3.63, 3.8) is 0 Å². The highest BCUT2D eigenvalue weighted by Crippen LogP contribution is 2.32. The summed E-state index contributed by atoms with van der Waals surface area (Å²) in [5.74, 6) is 1.89. The average Bonchev–Trinajstić information content (AvgIpc) is 3.48. The van der Waals surface area contributed by atoms with Crippen molar-refractivity contribution in [1.29, 1.82) is 0 Å². The van der Waals surface area contributed by atoms with E-state index in [4.69, 9.17) is 9.47 Å². The van der Waals surface area contributed by atoms with Crippen molar-refractivity contribution in [2.24, 2.45) is 0 Å². The predicted octanol–water partition coefficient (Wildman–Crippen LogP) is 5.20. The maximum Gasteiger partial charge on any atom is 0.408 e. The van der Waals surface area contributed by atoms with Crippen molar-refractivity contribution in [3.05, 3.63) is 60.4 Å². The molecular weight excluding hydrogens is 444 g/mol. The number of H-pyrrole nitrogens is 2. The minimum atomic E-state index is -0.566. The number of hydrogen-bond acceptors (Lipinski definition) is 6. The summed E-state index contributed by atoms with van der Waals surface area (Å²) in [6.45, 7) is 5.60. The third-order valence-corrected chi connectivity index (χ3v) is 5.48. The molecule has 1 amide bonds. The number of rotatable bonds is 5. The van der Waals surface area contributed by atoms with Gasteiger partial charge in [0.15, 0.2) is 11.6 Å².